The first-order valence-electron chi connectivity index (χ1n) is 6.79. The molecule has 2 rings (SSSR count). The lowest BCUT2D eigenvalue weighted by atomic mass is 10.1. The van der Waals surface area contributed by atoms with Gasteiger partial charge in [0.05, 0.1) is 16.7 Å². The van der Waals surface area contributed by atoms with Crippen molar-refractivity contribution >= 4 is 29.5 Å². The highest BCUT2D eigenvalue weighted by Gasteiger charge is 2.19. The third-order valence-electron chi connectivity index (χ3n) is 2.97. The zero-order chi connectivity index (χ0) is 14.9. The van der Waals surface area contributed by atoms with Gasteiger partial charge in [-0.05, 0) is 45.4 Å². The second kappa shape index (κ2) is 6.45. The SMILES string of the molecule is CC[C@@H](N)c1ccc2c(ccn2C(=O)OC(C)(C)C)n1.Cl. The lowest BCUT2D eigenvalue weighted by molar-refractivity contribution is 0.0544. The molecule has 0 aliphatic heterocycles. The fraction of sp³-hybridized carbons (Fsp3) is 0.467. The Morgan fingerprint density at radius 3 is 2.62 bits per heavy atom. The van der Waals surface area contributed by atoms with Crippen molar-refractivity contribution in [3.05, 3.63) is 30.1 Å². The number of hydrogen-bond acceptors (Lipinski definition) is 4. The van der Waals surface area contributed by atoms with Crippen LogP contribution in [0.2, 0.25) is 0 Å². The molecule has 2 N–H and O–H groups in total. The molecule has 5 nitrogen and oxygen atoms in total. The molecule has 0 aromatic carbocycles. The van der Waals surface area contributed by atoms with Crippen molar-refractivity contribution in [3.8, 4) is 0 Å². The number of fused-ring (bicyclic) bond motifs is 1. The maximum Gasteiger partial charge on any atom is 0.419 e. The Morgan fingerprint density at radius 1 is 1.38 bits per heavy atom. The van der Waals surface area contributed by atoms with E-state index in [-0.39, 0.29) is 18.4 Å². The van der Waals surface area contributed by atoms with E-state index < -0.39 is 11.7 Å². The minimum atomic E-state index is -0.522. The number of hydrogen-bond donors (Lipinski definition) is 1. The van der Waals surface area contributed by atoms with E-state index in [2.05, 4.69) is 4.98 Å². The Labute approximate surface area is 130 Å². The highest BCUT2D eigenvalue weighted by Crippen LogP contribution is 2.20. The number of aromatic nitrogens is 2. The zero-order valence-corrected chi connectivity index (χ0v) is 13.6. The summed E-state index contributed by atoms with van der Waals surface area (Å²) in [6.07, 6.45) is 2.10. The molecule has 2 aromatic rings. The minimum absolute atomic E-state index is 0. The molecule has 0 fully saturated rings. The van der Waals surface area contributed by atoms with Crippen LogP contribution in [0.3, 0.4) is 0 Å². The molecule has 1 atom stereocenters. The number of nitrogens with two attached hydrogens (primary N) is 1. The van der Waals surface area contributed by atoms with Gasteiger partial charge in [-0.25, -0.2) is 9.78 Å². The molecule has 0 aliphatic carbocycles. The molecule has 0 bridgehead atoms. The van der Waals surface area contributed by atoms with Gasteiger partial charge in [0.2, 0.25) is 0 Å². The third-order valence-corrected chi connectivity index (χ3v) is 2.97. The summed E-state index contributed by atoms with van der Waals surface area (Å²) in [5, 5.41) is 0. The van der Waals surface area contributed by atoms with Gasteiger partial charge in [0.25, 0.3) is 0 Å². The Hall–Kier alpha value is -1.59. The molecule has 6 heteroatoms. The molecular weight excluding hydrogens is 290 g/mol. The van der Waals surface area contributed by atoms with Crippen LogP contribution < -0.4 is 5.73 Å². The van der Waals surface area contributed by atoms with Crippen LogP contribution in [0, 0.1) is 0 Å². The number of carbonyl (C=O) groups is 1. The molecule has 21 heavy (non-hydrogen) atoms. The van der Waals surface area contributed by atoms with Crippen LogP contribution in [0.5, 0.6) is 0 Å². The summed E-state index contributed by atoms with van der Waals surface area (Å²) in [6.45, 7) is 7.54. The van der Waals surface area contributed by atoms with Crippen LogP contribution in [0.4, 0.5) is 4.79 Å². The Balaban J connectivity index is 0.00000220. The van der Waals surface area contributed by atoms with Crippen molar-refractivity contribution in [2.45, 2.75) is 45.8 Å². The molecule has 116 valence electrons. The van der Waals surface area contributed by atoms with Gasteiger partial charge in [-0.3, -0.25) is 4.57 Å². The van der Waals surface area contributed by atoms with Crippen LogP contribution in [0.15, 0.2) is 24.4 Å². The highest BCUT2D eigenvalue weighted by atomic mass is 35.5. The molecule has 0 radical (unpaired) electrons. The van der Waals surface area contributed by atoms with Crippen molar-refractivity contribution in [2.24, 2.45) is 5.73 Å². The van der Waals surface area contributed by atoms with Crippen LogP contribution in [0.25, 0.3) is 11.0 Å². The summed E-state index contributed by atoms with van der Waals surface area (Å²) in [5.41, 5.74) is 7.76. The van der Waals surface area contributed by atoms with Crippen molar-refractivity contribution < 1.29 is 9.53 Å². The van der Waals surface area contributed by atoms with E-state index >= 15 is 0 Å². The molecule has 0 saturated heterocycles. The van der Waals surface area contributed by atoms with E-state index in [4.69, 9.17) is 10.5 Å². The van der Waals surface area contributed by atoms with Gasteiger partial charge in [0.15, 0.2) is 0 Å². The fourth-order valence-electron chi connectivity index (χ4n) is 1.92. The molecule has 0 aliphatic rings. The Morgan fingerprint density at radius 2 is 2.05 bits per heavy atom. The number of nitrogens with zero attached hydrogens (tertiary/aromatic N) is 2. The molecule has 0 unspecified atom stereocenters. The molecule has 2 aromatic heterocycles. The summed E-state index contributed by atoms with van der Waals surface area (Å²) in [5.74, 6) is 0. The largest absolute Gasteiger partial charge is 0.443 e. The van der Waals surface area contributed by atoms with Crippen molar-refractivity contribution in [1.29, 1.82) is 0 Å². The van der Waals surface area contributed by atoms with E-state index in [9.17, 15) is 4.79 Å². The standard InChI is InChI=1S/C15H21N3O2.ClH/c1-5-10(16)11-6-7-13-12(17-11)8-9-18(13)14(19)20-15(2,3)4;/h6-10H,5,16H2,1-4H3;1H/t10-;/m1./s1. The topological polar surface area (TPSA) is 70.1 Å². The van der Waals surface area contributed by atoms with Crippen LogP contribution in [-0.2, 0) is 4.74 Å². The lowest BCUT2D eigenvalue weighted by Crippen LogP contribution is -2.26. The predicted octanol–water partition coefficient (Wildman–Crippen LogP) is 3.65. The summed E-state index contributed by atoms with van der Waals surface area (Å²) >= 11 is 0. The number of rotatable bonds is 2. The van der Waals surface area contributed by atoms with Gasteiger partial charge in [-0.15, -0.1) is 12.4 Å². The summed E-state index contributed by atoms with van der Waals surface area (Å²) in [7, 11) is 0. The van der Waals surface area contributed by atoms with Crippen molar-refractivity contribution in [3.63, 3.8) is 0 Å². The van der Waals surface area contributed by atoms with Crippen LogP contribution in [-0.4, -0.2) is 21.2 Å². The molecule has 0 saturated carbocycles. The van der Waals surface area contributed by atoms with Crippen LogP contribution >= 0.6 is 12.4 Å². The van der Waals surface area contributed by atoms with Gasteiger partial charge >= 0.3 is 6.09 Å². The maximum atomic E-state index is 12.1. The van der Waals surface area contributed by atoms with Gasteiger partial charge < -0.3 is 10.5 Å². The smallest absolute Gasteiger partial charge is 0.419 e. The van der Waals surface area contributed by atoms with Gasteiger partial charge in [-0.1, -0.05) is 6.92 Å². The average Bonchev–Trinajstić information content (AvgIpc) is 2.78. The zero-order valence-electron chi connectivity index (χ0n) is 12.8. The van der Waals surface area contributed by atoms with Crippen molar-refractivity contribution in [2.75, 3.05) is 0 Å². The summed E-state index contributed by atoms with van der Waals surface area (Å²) in [6, 6.07) is 5.43. The monoisotopic (exact) mass is 311 g/mol. The van der Waals surface area contributed by atoms with Crippen LogP contribution in [0.1, 0.15) is 45.9 Å². The van der Waals surface area contributed by atoms with Crippen molar-refractivity contribution in [1.82, 2.24) is 9.55 Å². The molecule has 2 heterocycles. The van der Waals surface area contributed by atoms with E-state index in [1.807, 2.05) is 39.8 Å². The Kier molecular flexibility index (Phi) is 5.36. The van der Waals surface area contributed by atoms with Gasteiger partial charge in [0, 0.05) is 12.2 Å². The van der Waals surface area contributed by atoms with Gasteiger partial charge in [-0.2, -0.15) is 0 Å². The number of carbonyl (C=O) groups excluding carboxylic acids is 1. The first-order valence-corrected chi connectivity index (χ1v) is 6.79. The number of ether oxygens (including phenoxy) is 1. The third kappa shape index (κ3) is 3.95. The maximum absolute atomic E-state index is 12.1. The van der Waals surface area contributed by atoms with E-state index in [1.165, 1.54) is 4.57 Å². The molecule has 0 amide bonds. The first-order chi connectivity index (χ1) is 9.31. The number of halogens is 1. The van der Waals surface area contributed by atoms with E-state index in [0.717, 1.165) is 23.1 Å². The molecular formula is C15H22ClN3O2. The van der Waals surface area contributed by atoms with E-state index in [0.29, 0.717) is 0 Å². The highest BCUT2D eigenvalue weighted by molar-refractivity contribution is 5.87. The predicted molar refractivity (Wildman–Crippen MR) is 85.8 cm³/mol. The summed E-state index contributed by atoms with van der Waals surface area (Å²) in [4.78, 5) is 16.6. The Bertz CT molecular complexity index is 631. The van der Waals surface area contributed by atoms with E-state index in [1.54, 1.807) is 12.3 Å². The second-order valence-electron chi connectivity index (χ2n) is 5.82. The minimum Gasteiger partial charge on any atom is -0.443 e. The number of pyridine rings is 1. The first kappa shape index (κ1) is 17.5. The second-order valence-corrected chi connectivity index (χ2v) is 5.82. The van der Waals surface area contributed by atoms with Gasteiger partial charge in [0.1, 0.15) is 5.60 Å². The molecule has 0 spiro atoms. The fourth-order valence-corrected chi connectivity index (χ4v) is 1.92. The quantitative estimate of drug-likeness (QED) is 0.919. The normalized spacial score (nSPS) is 12.8. The average molecular weight is 312 g/mol. The lowest BCUT2D eigenvalue weighted by Gasteiger charge is -2.19. The summed E-state index contributed by atoms with van der Waals surface area (Å²) < 4.78 is 6.83.